The van der Waals surface area contributed by atoms with Gasteiger partial charge in [-0.15, -0.1) is 0 Å². The lowest BCUT2D eigenvalue weighted by molar-refractivity contribution is 0.102. The van der Waals surface area contributed by atoms with Gasteiger partial charge in [-0.1, -0.05) is 30.0 Å². The summed E-state index contributed by atoms with van der Waals surface area (Å²) in [7, 11) is 0. The molecule has 7 heteroatoms. The van der Waals surface area contributed by atoms with Crippen molar-refractivity contribution in [1.29, 1.82) is 0 Å². The Morgan fingerprint density at radius 3 is 2.73 bits per heavy atom. The van der Waals surface area contributed by atoms with E-state index in [0.717, 1.165) is 16.9 Å². The van der Waals surface area contributed by atoms with Gasteiger partial charge in [0.15, 0.2) is 5.16 Å². The summed E-state index contributed by atoms with van der Waals surface area (Å²) >= 11 is 1.49. The van der Waals surface area contributed by atoms with Crippen LogP contribution in [0.25, 0.3) is 16.9 Å². The van der Waals surface area contributed by atoms with Crippen molar-refractivity contribution in [3.63, 3.8) is 0 Å². The molecule has 2 aromatic carbocycles. The van der Waals surface area contributed by atoms with Gasteiger partial charge in [-0.25, -0.2) is 15.0 Å². The van der Waals surface area contributed by atoms with Crippen molar-refractivity contribution in [1.82, 2.24) is 19.5 Å². The second-order valence-electron chi connectivity index (χ2n) is 5.54. The molecular weight excluding hydrogens is 346 g/mol. The van der Waals surface area contributed by atoms with Crippen molar-refractivity contribution >= 4 is 34.4 Å². The molecule has 26 heavy (non-hydrogen) atoms. The van der Waals surface area contributed by atoms with E-state index in [9.17, 15) is 4.79 Å². The summed E-state index contributed by atoms with van der Waals surface area (Å²) in [6.07, 6.45) is 5.39. The van der Waals surface area contributed by atoms with E-state index in [1.165, 1.54) is 11.8 Å². The molecule has 4 aromatic rings. The highest BCUT2D eigenvalue weighted by Gasteiger charge is 2.10. The van der Waals surface area contributed by atoms with Crippen LogP contribution in [0.1, 0.15) is 10.4 Å². The summed E-state index contributed by atoms with van der Waals surface area (Å²) < 4.78 is 1.90. The first-order valence-corrected chi connectivity index (χ1v) is 9.18. The third-order valence-electron chi connectivity index (χ3n) is 3.89. The van der Waals surface area contributed by atoms with Gasteiger partial charge in [0, 0.05) is 17.4 Å². The average molecular weight is 361 g/mol. The SMILES string of the molecule is CSc1nccc(-n2cnc3cc(NC(=O)c4ccccc4)ccc32)n1. The number of rotatable bonds is 4. The van der Waals surface area contributed by atoms with E-state index in [4.69, 9.17) is 0 Å². The molecule has 0 aliphatic carbocycles. The van der Waals surface area contributed by atoms with Crippen LogP contribution in [0.4, 0.5) is 5.69 Å². The number of anilines is 1. The average Bonchev–Trinajstić information content (AvgIpc) is 3.12. The van der Waals surface area contributed by atoms with Gasteiger partial charge in [-0.3, -0.25) is 9.36 Å². The molecule has 0 radical (unpaired) electrons. The van der Waals surface area contributed by atoms with Crippen molar-refractivity contribution in [3.05, 3.63) is 72.7 Å². The lowest BCUT2D eigenvalue weighted by Crippen LogP contribution is -2.11. The van der Waals surface area contributed by atoms with Gasteiger partial charge in [0.05, 0.1) is 11.0 Å². The van der Waals surface area contributed by atoms with E-state index in [0.29, 0.717) is 16.4 Å². The Hall–Kier alpha value is -3.19. The number of carbonyl (C=O) groups is 1. The Labute approximate surface area is 154 Å². The number of fused-ring (bicyclic) bond motifs is 1. The van der Waals surface area contributed by atoms with Crippen molar-refractivity contribution in [2.45, 2.75) is 5.16 Å². The Bertz CT molecular complexity index is 1080. The molecule has 2 heterocycles. The third kappa shape index (κ3) is 3.16. The van der Waals surface area contributed by atoms with Gasteiger partial charge in [-0.05, 0) is 42.7 Å². The van der Waals surface area contributed by atoms with Gasteiger partial charge in [0.2, 0.25) is 0 Å². The maximum Gasteiger partial charge on any atom is 0.255 e. The summed E-state index contributed by atoms with van der Waals surface area (Å²) in [5.74, 6) is 0.609. The standard InChI is InChI=1S/C19H15N5OS/c1-26-19-20-10-9-17(23-19)24-12-21-15-11-14(7-8-16(15)24)22-18(25)13-5-3-2-4-6-13/h2-12H,1H3,(H,22,25). The molecule has 0 spiro atoms. The second kappa shape index (κ2) is 6.97. The first-order chi connectivity index (χ1) is 12.7. The highest BCUT2D eigenvalue weighted by atomic mass is 32.2. The number of carbonyl (C=O) groups excluding carboxylic acids is 1. The molecule has 0 fully saturated rings. The molecule has 4 rings (SSSR count). The molecule has 0 bridgehead atoms. The number of nitrogens with one attached hydrogen (secondary N) is 1. The Balaban J connectivity index is 1.64. The van der Waals surface area contributed by atoms with Crippen molar-refractivity contribution in [2.24, 2.45) is 0 Å². The van der Waals surface area contributed by atoms with Gasteiger partial charge in [0.25, 0.3) is 5.91 Å². The van der Waals surface area contributed by atoms with E-state index in [2.05, 4.69) is 20.3 Å². The van der Waals surface area contributed by atoms with E-state index >= 15 is 0 Å². The predicted octanol–water partition coefficient (Wildman–Crippen LogP) is 3.79. The van der Waals surface area contributed by atoms with Crippen molar-refractivity contribution in [3.8, 4) is 5.82 Å². The summed E-state index contributed by atoms with van der Waals surface area (Å²) in [6, 6.07) is 16.6. The quantitative estimate of drug-likeness (QED) is 0.442. The molecule has 0 unspecified atom stereocenters. The fourth-order valence-corrected chi connectivity index (χ4v) is 2.98. The molecule has 0 saturated heterocycles. The zero-order valence-corrected chi connectivity index (χ0v) is 14.8. The molecule has 128 valence electrons. The van der Waals surface area contributed by atoms with Gasteiger partial charge in [0.1, 0.15) is 12.1 Å². The van der Waals surface area contributed by atoms with Gasteiger partial charge >= 0.3 is 0 Å². The van der Waals surface area contributed by atoms with Crippen LogP contribution in [0, 0.1) is 0 Å². The highest BCUT2D eigenvalue weighted by Crippen LogP contribution is 2.22. The number of hydrogen-bond acceptors (Lipinski definition) is 5. The second-order valence-corrected chi connectivity index (χ2v) is 6.31. The van der Waals surface area contributed by atoms with Crippen LogP contribution in [0.15, 0.2) is 72.3 Å². The fourth-order valence-electron chi connectivity index (χ4n) is 2.63. The number of aromatic nitrogens is 4. The lowest BCUT2D eigenvalue weighted by Gasteiger charge is -2.07. The molecule has 2 aromatic heterocycles. The number of hydrogen-bond donors (Lipinski definition) is 1. The Morgan fingerprint density at radius 1 is 1.08 bits per heavy atom. The largest absolute Gasteiger partial charge is 0.322 e. The fraction of sp³-hybridized carbons (Fsp3) is 0.0526. The molecular formula is C19H15N5OS. The van der Waals surface area contributed by atoms with Crippen molar-refractivity contribution < 1.29 is 4.79 Å². The minimum atomic E-state index is -0.148. The van der Waals surface area contributed by atoms with Crippen LogP contribution in [0.5, 0.6) is 0 Å². The molecule has 1 amide bonds. The summed E-state index contributed by atoms with van der Waals surface area (Å²) in [6.45, 7) is 0. The molecule has 0 atom stereocenters. The Morgan fingerprint density at radius 2 is 1.92 bits per heavy atom. The minimum absolute atomic E-state index is 0.148. The summed E-state index contributed by atoms with van der Waals surface area (Å²) in [5, 5.41) is 3.61. The monoisotopic (exact) mass is 361 g/mol. The number of imidazole rings is 1. The Kier molecular flexibility index (Phi) is 4.37. The number of thioether (sulfide) groups is 1. The van der Waals surface area contributed by atoms with Crippen LogP contribution >= 0.6 is 11.8 Å². The highest BCUT2D eigenvalue weighted by molar-refractivity contribution is 7.98. The third-order valence-corrected chi connectivity index (χ3v) is 4.45. The molecule has 0 saturated carbocycles. The normalized spacial score (nSPS) is 10.8. The van der Waals surface area contributed by atoms with Gasteiger partial charge in [-0.2, -0.15) is 0 Å². The molecule has 0 aliphatic heterocycles. The van der Waals surface area contributed by atoms with Crippen LogP contribution in [-0.4, -0.2) is 31.7 Å². The zero-order valence-electron chi connectivity index (χ0n) is 14.0. The lowest BCUT2D eigenvalue weighted by atomic mass is 10.2. The maximum absolute atomic E-state index is 12.3. The van der Waals surface area contributed by atoms with Crippen LogP contribution in [0.3, 0.4) is 0 Å². The number of amides is 1. The number of benzene rings is 2. The van der Waals surface area contributed by atoms with Crippen LogP contribution < -0.4 is 5.32 Å². The predicted molar refractivity (Wildman–Crippen MR) is 103 cm³/mol. The summed E-state index contributed by atoms with van der Waals surface area (Å²) in [4.78, 5) is 25.4. The van der Waals surface area contributed by atoms with Crippen molar-refractivity contribution in [2.75, 3.05) is 11.6 Å². The smallest absolute Gasteiger partial charge is 0.255 e. The zero-order chi connectivity index (χ0) is 17.9. The van der Waals surface area contributed by atoms with E-state index in [-0.39, 0.29) is 5.91 Å². The van der Waals surface area contributed by atoms with Gasteiger partial charge < -0.3 is 5.32 Å². The maximum atomic E-state index is 12.3. The first kappa shape index (κ1) is 16.3. The molecule has 0 aliphatic rings. The van der Waals surface area contributed by atoms with E-state index in [1.807, 2.05) is 53.3 Å². The van der Waals surface area contributed by atoms with Crippen LogP contribution in [-0.2, 0) is 0 Å². The minimum Gasteiger partial charge on any atom is -0.322 e. The number of nitrogens with zero attached hydrogens (tertiary/aromatic N) is 4. The van der Waals surface area contributed by atoms with Crippen LogP contribution in [0.2, 0.25) is 0 Å². The first-order valence-electron chi connectivity index (χ1n) is 7.95. The van der Waals surface area contributed by atoms with E-state index in [1.54, 1.807) is 24.7 Å². The van der Waals surface area contributed by atoms with E-state index < -0.39 is 0 Å². The molecule has 1 N–H and O–H groups in total. The topological polar surface area (TPSA) is 72.7 Å². The summed E-state index contributed by atoms with van der Waals surface area (Å²) in [5.41, 5.74) is 3.00. The molecule has 6 nitrogen and oxygen atoms in total.